The average molecular weight is 514 g/mol. The van der Waals surface area contributed by atoms with Gasteiger partial charge in [-0.2, -0.15) is 0 Å². The minimum Gasteiger partial charge on any atom is -0.485 e. The van der Waals surface area contributed by atoms with Crippen LogP contribution in [0.5, 0.6) is 5.75 Å². The van der Waals surface area contributed by atoms with Crippen LogP contribution in [0.4, 0.5) is 0 Å². The van der Waals surface area contributed by atoms with Crippen molar-refractivity contribution in [2.24, 2.45) is 22.9 Å². The van der Waals surface area contributed by atoms with Crippen LogP contribution < -0.4 is 43.6 Å². The molecular formula is C24H35N9O4. The number of nitrogens with one attached hydrogen (secondary N) is 5. The topological polar surface area (TPSA) is 248 Å². The van der Waals surface area contributed by atoms with Gasteiger partial charge in [-0.15, -0.1) is 0 Å². The quantitative estimate of drug-likeness (QED) is 0.0822. The van der Waals surface area contributed by atoms with E-state index in [2.05, 4.69) is 16.0 Å². The fraction of sp³-hybridized carbons (Fsp3) is 0.375. The summed E-state index contributed by atoms with van der Waals surface area (Å²) in [6.45, 7) is 0.299. The number of ether oxygens (including phenoxy) is 1. The maximum atomic E-state index is 13.1. The molecule has 2 rings (SSSR count). The van der Waals surface area contributed by atoms with E-state index in [1.807, 2.05) is 12.1 Å². The second kappa shape index (κ2) is 14.2. The van der Waals surface area contributed by atoms with Crippen molar-refractivity contribution < 1.29 is 19.1 Å². The van der Waals surface area contributed by atoms with E-state index in [4.69, 9.17) is 38.5 Å². The molecule has 0 heterocycles. The predicted octanol–water partition coefficient (Wildman–Crippen LogP) is -0.775. The Morgan fingerprint density at radius 2 is 1.51 bits per heavy atom. The summed E-state index contributed by atoms with van der Waals surface area (Å²) >= 11 is 0. The van der Waals surface area contributed by atoms with Gasteiger partial charge in [-0.05, 0) is 42.5 Å². The number of ketones is 1. The Morgan fingerprint density at radius 1 is 0.892 bits per heavy atom. The third kappa shape index (κ3) is 9.29. The number of amides is 2. The number of hydrogen-bond donors (Lipinski definition) is 9. The highest BCUT2D eigenvalue weighted by atomic mass is 16.5. The van der Waals surface area contributed by atoms with Crippen LogP contribution in [0.25, 0.3) is 10.8 Å². The van der Waals surface area contributed by atoms with E-state index in [0.29, 0.717) is 37.7 Å². The zero-order chi connectivity index (χ0) is 27.4. The first-order valence-corrected chi connectivity index (χ1v) is 11.8. The number of guanidine groups is 2. The van der Waals surface area contributed by atoms with E-state index in [1.165, 1.54) is 0 Å². The van der Waals surface area contributed by atoms with Gasteiger partial charge >= 0.3 is 0 Å². The van der Waals surface area contributed by atoms with E-state index in [9.17, 15) is 14.4 Å². The number of hydrogen-bond acceptors (Lipinski definition) is 7. The van der Waals surface area contributed by atoms with Gasteiger partial charge < -0.3 is 43.6 Å². The number of primary amides is 1. The Bertz CT molecular complexity index is 1140. The van der Waals surface area contributed by atoms with E-state index in [-0.39, 0.29) is 29.7 Å². The summed E-state index contributed by atoms with van der Waals surface area (Å²) in [5, 5.41) is 23.7. The normalized spacial score (nSPS) is 12.2. The molecule has 200 valence electrons. The molecule has 0 aliphatic carbocycles. The molecule has 0 saturated carbocycles. The third-order valence-electron chi connectivity index (χ3n) is 5.54. The van der Waals surface area contributed by atoms with Crippen LogP contribution in [0.15, 0.2) is 36.4 Å². The molecule has 0 spiro atoms. The molecule has 0 saturated heterocycles. The first-order chi connectivity index (χ1) is 17.6. The van der Waals surface area contributed by atoms with Gasteiger partial charge in [0.25, 0.3) is 5.91 Å². The lowest BCUT2D eigenvalue weighted by Crippen LogP contribution is -2.50. The van der Waals surface area contributed by atoms with Gasteiger partial charge in [0.2, 0.25) is 5.91 Å². The molecule has 0 aliphatic heterocycles. The summed E-state index contributed by atoms with van der Waals surface area (Å²) in [7, 11) is 0. The Morgan fingerprint density at radius 3 is 2.14 bits per heavy atom. The lowest BCUT2D eigenvalue weighted by Gasteiger charge is -2.21. The molecule has 13 heteroatoms. The fourth-order valence-electron chi connectivity index (χ4n) is 3.67. The lowest BCUT2D eigenvalue weighted by molar-refractivity contribution is -0.129. The average Bonchev–Trinajstić information content (AvgIpc) is 2.85. The molecule has 2 amide bonds. The molecule has 0 bridgehead atoms. The Labute approximate surface area is 214 Å². The molecule has 2 aromatic rings. The number of Topliss-reactive ketones (excluding diaryl/α,β-unsaturated/α-hetero) is 1. The van der Waals surface area contributed by atoms with Gasteiger partial charge in [-0.25, -0.2) is 0 Å². The number of nitrogens with two attached hydrogens (primary N) is 4. The zero-order valence-electron chi connectivity index (χ0n) is 20.5. The van der Waals surface area contributed by atoms with E-state index in [1.54, 1.807) is 24.3 Å². The predicted molar refractivity (Wildman–Crippen MR) is 141 cm³/mol. The van der Waals surface area contributed by atoms with Crippen molar-refractivity contribution in [1.82, 2.24) is 16.0 Å². The van der Waals surface area contributed by atoms with Crippen molar-refractivity contribution in [2.45, 2.75) is 37.8 Å². The summed E-state index contributed by atoms with van der Waals surface area (Å²) in [4.78, 5) is 37.8. The van der Waals surface area contributed by atoms with Gasteiger partial charge in [0.1, 0.15) is 12.4 Å². The molecule has 2 aromatic carbocycles. The molecule has 0 fully saturated rings. The van der Waals surface area contributed by atoms with E-state index >= 15 is 0 Å². The monoisotopic (exact) mass is 513 g/mol. The number of carbonyl (C=O) groups excluding carboxylic acids is 3. The Kier molecular flexibility index (Phi) is 11.1. The number of carbonyl (C=O) groups is 3. The highest BCUT2D eigenvalue weighted by Crippen LogP contribution is 2.27. The summed E-state index contributed by atoms with van der Waals surface area (Å²) in [5.74, 6) is -1.84. The standard InChI is InChI=1S/C24H35N9O4/c25-16(7-3-11-31-23(27)28)22(36)33-17(8-4-12-32-24(29)30)18(34)13-37-19-10-9-14-5-1-2-6-15(14)20(19)21(26)35/h1-2,5-6,9-10,16-17H,3-4,7-8,11-13,25H2,(H2,26,35)(H,33,36)(H4,27,28,31)(H4,29,30,32)/t16-,17-/m0/s1. The molecule has 13 N–H and O–H groups in total. The molecule has 13 nitrogen and oxygen atoms in total. The zero-order valence-corrected chi connectivity index (χ0v) is 20.5. The largest absolute Gasteiger partial charge is 0.485 e. The Hall–Kier alpha value is -4.39. The van der Waals surface area contributed by atoms with Crippen molar-refractivity contribution in [1.29, 1.82) is 10.8 Å². The summed E-state index contributed by atoms with van der Waals surface area (Å²) in [5.41, 5.74) is 22.2. The molecule has 37 heavy (non-hydrogen) atoms. The minimum atomic E-state index is -0.917. The number of rotatable bonds is 15. The van der Waals surface area contributed by atoms with Crippen LogP contribution >= 0.6 is 0 Å². The maximum absolute atomic E-state index is 13.1. The smallest absolute Gasteiger partial charge is 0.253 e. The van der Waals surface area contributed by atoms with Crippen molar-refractivity contribution in [3.8, 4) is 5.75 Å². The highest BCUT2D eigenvalue weighted by molar-refractivity contribution is 6.09. The van der Waals surface area contributed by atoms with Gasteiger partial charge in [0.05, 0.1) is 17.6 Å². The molecular weight excluding hydrogens is 478 g/mol. The molecule has 0 unspecified atom stereocenters. The molecule has 0 aliphatic rings. The van der Waals surface area contributed by atoms with Crippen molar-refractivity contribution in [2.75, 3.05) is 19.7 Å². The maximum Gasteiger partial charge on any atom is 0.253 e. The Balaban J connectivity index is 2.07. The SMILES string of the molecule is N=C(N)NCCC[C@H](NC(=O)[C@@H](N)CCCNC(=N)N)C(=O)COc1ccc2ccccc2c1C(N)=O. The summed E-state index contributed by atoms with van der Waals surface area (Å²) < 4.78 is 5.69. The van der Waals surface area contributed by atoms with Crippen molar-refractivity contribution in [3.05, 3.63) is 42.0 Å². The first-order valence-electron chi connectivity index (χ1n) is 11.8. The highest BCUT2D eigenvalue weighted by Gasteiger charge is 2.24. The van der Waals surface area contributed by atoms with Crippen LogP contribution in [-0.4, -0.2) is 61.3 Å². The number of benzene rings is 2. The van der Waals surface area contributed by atoms with Crippen LogP contribution in [0.1, 0.15) is 36.0 Å². The third-order valence-corrected chi connectivity index (χ3v) is 5.54. The van der Waals surface area contributed by atoms with Crippen LogP contribution in [0, 0.1) is 10.8 Å². The molecule has 2 atom stereocenters. The first kappa shape index (κ1) is 28.8. The summed E-state index contributed by atoms with van der Waals surface area (Å²) in [6.07, 6.45) is 1.48. The lowest BCUT2D eigenvalue weighted by atomic mass is 10.0. The van der Waals surface area contributed by atoms with Crippen LogP contribution in [0.2, 0.25) is 0 Å². The molecule has 0 aromatic heterocycles. The minimum absolute atomic E-state index is 0.164. The second-order valence-electron chi connectivity index (χ2n) is 8.41. The van der Waals surface area contributed by atoms with Gasteiger partial charge in [0.15, 0.2) is 17.7 Å². The van der Waals surface area contributed by atoms with Crippen LogP contribution in [0.3, 0.4) is 0 Å². The van der Waals surface area contributed by atoms with Crippen molar-refractivity contribution >= 4 is 40.3 Å². The van der Waals surface area contributed by atoms with E-state index in [0.717, 1.165) is 5.39 Å². The van der Waals surface area contributed by atoms with Crippen molar-refractivity contribution in [3.63, 3.8) is 0 Å². The number of fused-ring (bicyclic) bond motifs is 1. The second-order valence-corrected chi connectivity index (χ2v) is 8.41. The summed E-state index contributed by atoms with van der Waals surface area (Å²) in [6, 6.07) is 8.71. The van der Waals surface area contributed by atoms with Gasteiger partial charge in [0, 0.05) is 13.1 Å². The fourth-order valence-corrected chi connectivity index (χ4v) is 3.67. The van der Waals surface area contributed by atoms with Gasteiger partial charge in [-0.3, -0.25) is 25.2 Å². The van der Waals surface area contributed by atoms with Gasteiger partial charge in [-0.1, -0.05) is 30.3 Å². The van der Waals surface area contributed by atoms with E-state index < -0.39 is 36.3 Å². The molecule has 0 radical (unpaired) electrons. The van der Waals surface area contributed by atoms with Crippen LogP contribution in [-0.2, 0) is 9.59 Å².